The van der Waals surface area contributed by atoms with Crippen molar-refractivity contribution < 1.29 is 9.59 Å². The number of fused-ring (bicyclic) bond motifs is 2. The molecule has 4 rings (SSSR count). The van der Waals surface area contributed by atoms with Gasteiger partial charge in [0.2, 0.25) is 5.91 Å². The third kappa shape index (κ3) is 2.45. The summed E-state index contributed by atoms with van der Waals surface area (Å²) in [5.41, 5.74) is 4.05. The number of hydrogen-bond donors (Lipinski definition) is 0. The fourth-order valence-electron chi connectivity index (χ4n) is 3.47. The average Bonchev–Trinajstić information content (AvgIpc) is 3.19. The van der Waals surface area contributed by atoms with Crippen LogP contribution in [-0.2, 0) is 24.2 Å². The van der Waals surface area contributed by atoms with Crippen LogP contribution in [0.4, 0.5) is 5.69 Å². The predicted octanol–water partition coefficient (Wildman–Crippen LogP) is 2.86. The minimum atomic E-state index is 0.0591. The van der Waals surface area contributed by atoms with Crippen molar-refractivity contribution in [1.29, 1.82) is 0 Å². The Morgan fingerprint density at radius 1 is 1.09 bits per heavy atom. The molecule has 23 heavy (non-hydrogen) atoms. The van der Waals surface area contributed by atoms with Crippen molar-refractivity contribution >= 4 is 28.8 Å². The molecule has 118 valence electrons. The summed E-state index contributed by atoms with van der Waals surface area (Å²) >= 11 is 1.78. The van der Waals surface area contributed by atoms with Crippen LogP contribution in [0.25, 0.3) is 0 Å². The molecule has 0 fully saturated rings. The molecule has 3 heterocycles. The minimum Gasteiger partial charge on any atom is -0.334 e. The maximum atomic E-state index is 12.8. The highest BCUT2D eigenvalue weighted by Crippen LogP contribution is 2.30. The largest absolute Gasteiger partial charge is 0.334 e. The van der Waals surface area contributed by atoms with E-state index in [9.17, 15) is 9.59 Å². The lowest BCUT2D eigenvalue weighted by atomic mass is 10.0. The molecule has 4 nitrogen and oxygen atoms in total. The molecule has 0 radical (unpaired) electrons. The number of thiophene rings is 1. The van der Waals surface area contributed by atoms with Crippen LogP contribution in [0.1, 0.15) is 33.3 Å². The maximum absolute atomic E-state index is 12.8. The molecule has 2 aliphatic rings. The fourth-order valence-corrected chi connectivity index (χ4v) is 4.36. The first-order valence-corrected chi connectivity index (χ1v) is 8.77. The number of nitrogens with zero attached hydrogens (tertiary/aromatic N) is 2. The highest BCUT2D eigenvalue weighted by Gasteiger charge is 2.26. The summed E-state index contributed by atoms with van der Waals surface area (Å²) in [5, 5.41) is 2.10. The van der Waals surface area contributed by atoms with E-state index in [1.165, 1.54) is 10.4 Å². The van der Waals surface area contributed by atoms with Gasteiger partial charge in [-0.2, -0.15) is 0 Å². The molecule has 0 saturated carbocycles. The average molecular weight is 326 g/mol. The fraction of sp³-hybridized carbons (Fsp3) is 0.333. The standard InChI is InChI=1S/C18H18N2O2S/c1-12(21)20-8-4-13-10-14(2-3-16(13)20)18(22)19-7-5-17-15(11-19)6-9-23-17/h2-3,6,9-10H,4-5,7-8,11H2,1H3. The Morgan fingerprint density at radius 3 is 2.78 bits per heavy atom. The lowest BCUT2D eigenvalue weighted by Gasteiger charge is -2.27. The van der Waals surface area contributed by atoms with E-state index < -0.39 is 0 Å². The van der Waals surface area contributed by atoms with E-state index in [1.54, 1.807) is 23.2 Å². The summed E-state index contributed by atoms with van der Waals surface area (Å²) in [7, 11) is 0. The Balaban J connectivity index is 1.57. The monoisotopic (exact) mass is 326 g/mol. The summed E-state index contributed by atoms with van der Waals surface area (Å²) in [6.45, 7) is 3.78. The van der Waals surface area contributed by atoms with E-state index in [4.69, 9.17) is 0 Å². The van der Waals surface area contributed by atoms with Gasteiger partial charge in [-0.25, -0.2) is 0 Å². The summed E-state index contributed by atoms with van der Waals surface area (Å²) in [5.74, 6) is 0.148. The van der Waals surface area contributed by atoms with Crippen molar-refractivity contribution in [1.82, 2.24) is 4.90 Å². The summed E-state index contributed by atoms with van der Waals surface area (Å²) in [4.78, 5) is 29.5. The van der Waals surface area contributed by atoms with Crippen LogP contribution in [0.2, 0.25) is 0 Å². The molecule has 0 N–H and O–H groups in total. The van der Waals surface area contributed by atoms with Gasteiger partial charge in [-0.3, -0.25) is 9.59 Å². The zero-order valence-electron chi connectivity index (χ0n) is 13.0. The van der Waals surface area contributed by atoms with Crippen LogP contribution in [-0.4, -0.2) is 29.8 Å². The molecule has 0 saturated heterocycles. The molecular weight excluding hydrogens is 308 g/mol. The summed E-state index contributed by atoms with van der Waals surface area (Å²) in [6.07, 6.45) is 1.77. The van der Waals surface area contributed by atoms with Crippen LogP contribution < -0.4 is 4.90 Å². The number of hydrogen-bond acceptors (Lipinski definition) is 3. The van der Waals surface area contributed by atoms with Gasteiger partial charge in [-0.1, -0.05) is 0 Å². The molecule has 5 heteroatoms. The number of amides is 2. The number of carbonyl (C=O) groups is 2. The second kappa shape index (κ2) is 5.49. The number of rotatable bonds is 1. The van der Waals surface area contributed by atoms with Gasteiger partial charge in [0, 0.05) is 42.7 Å². The molecule has 0 spiro atoms. The molecular formula is C18H18N2O2S. The van der Waals surface area contributed by atoms with Crippen LogP contribution in [0.5, 0.6) is 0 Å². The Kier molecular flexibility index (Phi) is 3.45. The maximum Gasteiger partial charge on any atom is 0.254 e. The molecule has 2 aliphatic heterocycles. The smallest absolute Gasteiger partial charge is 0.254 e. The Morgan fingerprint density at radius 2 is 1.96 bits per heavy atom. The third-order valence-electron chi connectivity index (χ3n) is 4.70. The van der Waals surface area contributed by atoms with E-state index in [-0.39, 0.29) is 11.8 Å². The van der Waals surface area contributed by atoms with Gasteiger partial charge in [-0.05, 0) is 53.6 Å². The molecule has 0 atom stereocenters. The second-order valence-electron chi connectivity index (χ2n) is 6.11. The van der Waals surface area contributed by atoms with Crippen LogP contribution >= 0.6 is 11.3 Å². The van der Waals surface area contributed by atoms with Gasteiger partial charge in [0.1, 0.15) is 0 Å². The van der Waals surface area contributed by atoms with E-state index in [1.807, 2.05) is 23.1 Å². The number of carbonyl (C=O) groups excluding carboxylic acids is 2. The summed E-state index contributed by atoms with van der Waals surface area (Å²) < 4.78 is 0. The normalized spacial score (nSPS) is 16.2. The number of benzene rings is 1. The zero-order valence-corrected chi connectivity index (χ0v) is 13.9. The lowest BCUT2D eigenvalue weighted by molar-refractivity contribution is -0.116. The first-order valence-electron chi connectivity index (χ1n) is 7.89. The van der Waals surface area contributed by atoms with Crippen molar-refractivity contribution in [2.45, 2.75) is 26.3 Å². The van der Waals surface area contributed by atoms with Crippen LogP contribution in [0.15, 0.2) is 29.6 Å². The first-order chi connectivity index (χ1) is 11.1. The van der Waals surface area contributed by atoms with Crippen molar-refractivity contribution in [3.63, 3.8) is 0 Å². The van der Waals surface area contributed by atoms with Crippen LogP contribution in [0, 0.1) is 0 Å². The van der Waals surface area contributed by atoms with Gasteiger partial charge < -0.3 is 9.80 Å². The zero-order chi connectivity index (χ0) is 16.0. The molecule has 2 aromatic rings. The van der Waals surface area contributed by atoms with E-state index in [2.05, 4.69) is 11.4 Å². The SMILES string of the molecule is CC(=O)N1CCc2cc(C(=O)N3CCc4sccc4C3)ccc21. The molecule has 0 bridgehead atoms. The predicted molar refractivity (Wildman–Crippen MR) is 90.9 cm³/mol. The lowest BCUT2D eigenvalue weighted by Crippen LogP contribution is -2.35. The van der Waals surface area contributed by atoms with Gasteiger partial charge in [0.15, 0.2) is 0 Å². The van der Waals surface area contributed by atoms with Gasteiger partial charge in [0.05, 0.1) is 0 Å². The molecule has 0 aliphatic carbocycles. The van der Waals surface area contributed by atoms with E-state index >= 15 is 0 Å². The van der Waals surface area contributed by atoms with E-state index in [0.29, 0.717) is 13.1 Å². The van der Waals surface area contributed by atoms with Crippen molar-refractivity contribution in [3.05, 3.63) is 51.2 Å². The Labute approximate surface area is 139 Å². The van der Waals surface area contributed by atoms with Crippen molar-refractivity contribution in [2.24, 2.45) is 0 Å². The van der Waals surface area contributed by atoms with Gasteiger partial charge in [-0.15, -0.1) is 11.3 Å². The Hall–Kier alpha value is -2.14. The van der Waals surface area contributed by atoms with Crippen LogP contribution in [0.3, 0.4) is 0 Å². The Bertz CT molecular complexity index is 796. The van der Waals surface area contributed by atoms with Crippen molar-refractivity contribution in [2.75, 3.05) is 18.0 Å². The summed E-state index contributed by atoms with van der Waals surface area (Å²) in [6, 6.07) is 7.85. The number of anilines is 1. The molecule has 2 amide bonds. The quantitative estimate of drug-likeness (QED) is 0.808. The molecule has 0 unspecified atom stereocenters. The van der Waals surface area contributed by atoms with Gasteiger partial charge >= 0.3 is 0 Å². The minimum absolute atomic E-state index is 0.0591. The third-order valence-corrected chi connectivity index (χ3v) is 5.72. The molecule has 1 aromatic heterocycles. The molecule has 1 aromatic carbocycles. The van der Waals surface area contributed by atoms with Crippen molar-refractivity contribution in [3.8, 4) is 0 Å². The first kappa shape index (κ1) is 14.5. The van der Waals surface area contributed by atoms with E-state index in [0.717, 1.165) is 36.2 Å². The van der Waals surface area contributed by atoms with Gasteiger partial charge in [0.25, 0.3) is 5.91 Å². The second-order valence-corrected chi connectivity index (χ2v) is 7.11. The highest BCUT2D eigenvalue weighted by atomic mass is 32.1. The highest BCUT2D eigenvalue weighted by molar-refractivity contribution is 7.10. The topological polar surface area (TPSA) is 40.6 Å².